The van der Waals surface area contributed by atoms with Crippen molar-refractivity contribution in [1.29, 1.82) is 0 Å². The van der Waals surface area contributed by atoms with E-state index in [9.17, 15) is 24.3 Å². The highest BCUT2D eigenvalue weighted by molar-refractivity contribution is 5.98. The summed E-state index contributed by atoms with van der Waals surface area (Å²) in [6, 6.07) is 14.5. The first-order chi connectivity index (χ1) is 31.7. The summed E-state index contributed by atoms with van der Waals surface area (Å²) in [4.78, 5) is 53.3. The Balaban J connectivity index is 0.921. The van der Waals surface area contributed by atoms with Crippen LogP contribution in [-0.4, -0.2) is 60.1 Å². The van der Waals surface area contributed by atoms with Crippen molar-refractivity contribution in [2.24, 2.45) is 46.3 Å². The number of aliphatic hydroxyl groups is 1. The fraction of sp³-hybridized carbons (Fsp3) is 0.679. The van der Waals surface area contributed by atoms with Gasteiger partial charge in [0.1, 0.15) is 12.1 Å². The highest BCUT2D eigenvalue weighted by Gasteiger charge is 2.59. The van der Waals surface area contributed by atoms with Crippen LogP contribution in [0.2, 0.25) is 0 Å². The molecule has 6 rings (SSSR count). The molecular formula is C56H84N4O6. The number of benzene rings is 2. The fourth-order valence-corrected chi connectivity index (χ4v) is 12.9. The van der Waals surface area contributed by atoms with Gasteiger partial charge in [-0.1, -0.05) is 128 Å². The Morgan fingerprint density at radius 1 is 0.773 bits per heavy atom. The van der Waals surface area contributed by atoms with Crippen LogP contribution >= 0.6 is 0 Å². The Bertz CT molecular complexity index is 1920. The molecule has 10 atom stereocenters. The molecule has 66 heavy (non-hydrogen) atoms. The molecule has 0 bridgehead atoms. The van der Waals surface area contributed by atoms with Crippen LogP contribution in [0.5, 0.6) is 0 Å². The number of aliphatic hydroxyl groups excluding tert-OH is 1. The number of hydrogen-bond donors (Lipinski definition) is 5. The minimum Gasteiger partial charge on any atom is -0.392 e. The third kappa shape index (κ3) is 13.4. The smallest absolute Gasteiger partial charge is 0.246 e. The molecule has 0 heterocycles. The van der Waals surface area contributed by atoms with Gasteiger partial charge in [-0.3, -0.25) is 19.2 Å². The lowest BCUT2D eigenvalue weighted by atomic mass is 9.47. The maximum atomic E-state index is 13.8. The molecule has 2 aromatic rings. The van der Waals surface area contributed by atoms with Crippen LogP contribution in [0.1, 0.15) is 162 Å². The Labute approximate surface area is 397 Å². The van der Waals surface area contributed by atoms with Crippen molar-refractivity contribution < 1.29 is 29.0 Å². The SMILES string of the molecule is CCCC[C@H](NC(=O)[C@H](Cc1ccccc1)NC(=O)CCC(=O)NCCCO[C@H]1CC[C@@]2(C)C(=CC[C@H]3C4CC[C@H]([C@H](C)CCCC(C)C)[C@@]4(C)CC[C@@H]32)C1)C(=O)Nc1ccc(CO)cc1. The van der Waals surface area contributed by atoms with Gasteiger partial charge in [0, 0.05) is 38.1 Å². The van der Waals surface area contributed by atoms with Crippen LogP contribution in [0.4, 0.5) is 5.69 Å². The van der Waals surface area contributed by atoms with Crippen molar-refractivity contribution in [3.05, 3.63) is 77.4 Å². The molecule has 0 spiro atoms. The summed E-state index contributed by atoms with van der Waals surface area (Å²) in [6.45, 7) is 15.5. The highest BCUT2D eigenvalue weighted by atomic mass is 16.5. The van der Waals surface area contributed by atoms with E-state index in [2.05, 4.69) is 62.0 Å². The summed E-state index contributed by atoms with van der Waals surface area (Å²) in [5.74, 6) is 3.55. The minimum absolute atomic E-state index is 0.00151. The first kappa shape index (κ1) is 51.4. The second-order valence-electron chi connectivity index (χ2n) is 21.6. The fourth-order valence-electron chi connectivity index (χ4n) is 12.9. The predicted octanol–water partition coefficient (Wildman–Crippen LogP) is 10.2. The van der Waals surface area contributed by atoms with Crippen LogP contribution in [0.25, 0.3) is 0 Å². The molecule has 0 radical (unpaired) electrons. The molecule has 10 heteroatoms. The van der Waals surface area contributed by atoms with E-state index in [0.29, 0.717) is 42.5 Å². The zero-order valence-corrected chi connectivity index (χ0v) is 41.3. The number of hydrogen-bond acceptors (Lipinski definition) is 6. The summed E-state index contributed by atoms with van der Waals surface area (Å²) in [7, 11) is 0. The van der Waals surface area contributed by atoms with Gasteiger partial charge in [-0.25, -0.2) is 0 Å². The molecule has 0 aliphatic heterocycles. The third-order valence-corrected chi connectivity index (χ3v) is 16.7. The van der Waals surface area contributed by atoms with Crippen molar-refractivity contribution in [3.8, 4) is 0 Å². The van der Waals surface area contributed by atoms with Gasteiger partial charge in [0.2, 0.25) is 23.6 Å². The number of nitrogens with one attached hydrogen (secondary N) is 4. The largest absolute Gasteiger partial charge is 0.392 e. The molecule has 0 saturated heterocycles. The molecule has 4 aliphatic carbocycles. The molecule has 3 fully saturated rings. The van der Waals surface area contributed by atoms with Gasteiger partial charge in [0.25, 0.3) is 0 Å². The summed E-state index contributed by atoms with van der Waals surface area (Å²) in [6.07, 6.45) is 20.0. The third-order valence-electron chi connectivity index (χ3n) is 16.7. The number of amides is 4. The normalized spacial score (nSPS) is 27.0. The Hall–Kier alpha value is -4.02. The number of allylic oxidation sites excluding steroid dienone is 1. The molecule has 364 valence electrons. The van der Waals surface area contributed by atoms with Crippen LogP contribution in [0, 0.1) is 46.3 Å². The number of carbonyl (C=O) groups is 4. The molecular weight excluding hydrogens is 825 g/mol. The zero-order chi connectivity index (χ0) is 47.3. The number of rotatable bonds is 24. The average Bonchev–Trinajstić information content (AvgIpc) is 3.67. The monoisotopic (exact) mass is 909 g/mol. The molecule has 3 saturated carbocycles. The second kappa shape index (κ2) is 24.3. The first-order valence-corrected chi connectivity index (χ1v) is 26.0. The quantitative estimate of drug-likeness (QED) is 0.0524. The van der Waals surface area contributed by atoms with Crippen LogP contribution in [-0.2, 0) is 36.9 Å². The number of carbonyl (C=O) groups excluding carboxylic acids is 4. The van der Waals surface area contributed by atoms with E-state index >= 15 is 0 Å². The van der Waals surface area contributed by atoms with E-state index < -0.39 is 23.9 Å². The summed E-state index contributed by atoms with van der Waals surface area (Å²) < 4.78 is 6.46. The van der Waals surface area contributed by atoms with Crippen LogP contribution in [0.15, 0.2) is 66.2 Å². The standard InChI is InChI=1S/C56H84N4O6/c1-7-8-18-49(53(64)58-43-22-19-41(37-61)20-23-43)60-54(65)50(35-40-16-10-9-11-17-40)59-52(63)28-27-51(62)57-33-13-34-66-44-29-31-55(5)42(36-44)21-24-45-47-26-25-46(39(4)15-12-14-38(2)3)56(47,6)32-30-48(45)55/h9-11,16-17,19-23,38-39,44-50,61H,7-8,12-15,18,24-37H2,1-6H3,(H,57,62)(H,58,64)(H,59,63)(H,60,65)/t39-,44+,45+,46-,47?,48+,49+,50+,55+,56-/m1/s1. The van der Waals surface area contributed by atoms with Gasteiger partial charge in [0.15, 0.2) is 0 Å². The van der Waals surface area contributed by atoms with Crippen molar-refractivity contribution in [2.75, 3.05) is 18.5 Å². The zero-order valence-electron chi connectivity index (χ0n) is 41.3. The molecule has 0 aromatic heterocycles. The van der Waals surface area contributed by atoms with Gasteiger partial charge >= 0.3 is 0 Å². The number of unbranched alkanes of at least 4 members (excludes halogenated alkanes) is 1. The number of fused-ring (bicyclic) bond motifs is 5. The lowest BCUT2D eigenvalue weighted by Crippen LogP contribution is -2.53. The minimum atomic E-state index is -0.944. The molecule has 1 unspecified atom stereocenters. The summed E-state index contributed by atoms with van der Waals surface area (Å²) in [5.41, 5.74) is 4.57. The predicted molar refractivity (Wildman–Crippen MR) is 264 cm³/mol. The van der Waals surface area contributed by atoms with Crippen molar-refractivity contribution in [3.63, 3.8) is 0 Å². The maximum Gasteiger partial charge on any atom is 0.246 e. The van der Waals surface area contributed by atoms with E-state index in [1.807, 2.05) is 37.3 Å². The number of ether oxygens (including phenoxy) is 1. The number of anilines is 1. The van der Waals surface area contributed by atoms with E-state index in [0.717, 1.165) is 72.3 Å². The van der Waals surface area contributed by atoms with Gasteiger partial charge < -0.3 is 31.1 Å². The van der Waals surface area contributed by atoms with Gasteiger partial charge in [-0.2, -0.15) is 0 Å². The lowest BCUT2D eigenvalue weighted by molar-refractivity contribution is -0.131. The van der Waals surface area contributed by atoms with Gasteiger partial charge in [-0.05, 0) is 134 Å². The average molecular weight is 909 g/mol. The maximum absolute atomic E-state index is 13.8. The summed E-state index contributed by atoms with van der Waals surface area (Å²) in [5, 5.41) is 20.9. The van der Waals surface area contributed by atoms with Gasteiger partial charge in [0.05, 0.1) is 12.7 Å². The second-order valence-corrected chi connectivity index (χ2v) is 21.6. The molecule has 4 aliphatic rings. The Kier molecular flexibility index (Phi) is 18.9. The van der Waals surface area contributed by atoms with Crippen molar-refractivity contribution in [2.45, 2.75) is 182 Å². The molecule has 2 aromatic carbocycles. The van der Waals surface area contributed by atoms with Crippen LogP contribution in [0.3, 0.4) is 0 Å². The van der Waals surface area contributed by atoms with E-state index in [4.69, 9.17) is 4.74 Å². The molecule has 4 amide bonds. The Morgan fingerprint density at radius 2 is 1.53 bits per heavy atom. The lowest BCUT2D eigenvalue weighted by Gasteiger charge is -2.58. The highest BCUT2D eigenvalue weighted by Crippen LogP contribution is 2.67. The Morgan fingerprint density at radius 3 is 2.26 bits per heavy atom. The van der Waals surface area contributed by atoms with E-state index in [1.165, 1.54) is 57.8 Å². The van der Waals surface area contributed by atoms with Crippen molar-refractivity contribution >= 4 is 29.3 Å². The topological polar surface area (TPSA) is 146 Å². The van der Waals surface area contributed by atoms with E-state index in [-0.39, 0.29) is 43.8 Å². The molecule has 5 N–H and O–H groups in total. The molecule has 10 nitrogen and oxygen atoms in total. The summed E-state index contributed by atoms with van der Waals surface area (Å²) >= 11 is 0. The van der Waals surface area contributed by atoms with Gasteiger partial charge in [-0.15, -0.1) is 0 Å². The van der Waals surface area contributed by atoms with Crippen molar-refractivity contribution in [1.82, 2.24) is 16.0 Å². The first-order valence-electron chi connectivity index (χ1n) is 26.0. The van der Waals surface area contributed by atoms with E-state index in [1.54, 1.807) is 29.8 Å². The van der Waals surface area contributed by atoms with Crippen LogP contribution < -0.4 is 21.3 Å².